The first kappa shape index (κ1) is 14.2. The van der Waals surface area contributed by atoms with Crippen molar-refractivity contribution < 1.29 is 0 Å². The smallest absolute Gasteiger partial charge is 0.264 e. The minimum atomic E-state index is -0.0600. The minimum absolute atomic E-state index is 0.0600. The van der Waals surface area contributed by atoms with Gasteiger partial charge in [-0.2, -0.15) is 0 Å². The third-order valence-corrected chi connectivity index (χ3v) is 4.34. The highest BCUT2D eigenvalue weighted by Gasteiger charge is 2.14. The molecule has 100 valence electrons. The quantitative estimate of drug-likeness (QED) is 0.820. The van der Waals surface area contributed by atoms with E-state index in [-0.39, 0.29) is 11.5 Å². The Morgan fingerprint density at radius 1 is 1.26 bits per heavy atom. The number of H-pyrrole nitrogens is 1. The van der Waals surface area contributed by atoms with E-state index in [1.54, 1.807) is 0 Å². The van der Waals surface area contributed by atoms with Gasteiger partial charge in [0.15, 0.2) is 0 Å². The van der Waals surface area contributed by atoms with Crippen molar-refractivity contribution in [3.63, 3.8) is 0 Å². The van der Waals surface area contributed by atoms with Gasteiger partial charge in [0.1, 0.15) is 5.82 Å². The number of rotatable bonds is 2. The second kappa shape index (κ2) is 5.45. The van der Waals surface area contributed by atoms with Crippen LogP contribution in [0.2, 0.25) is 0 Å². The average Bonchev–Trinajstić information content (AvgIpc) is 2.35. The van der Waals surface area contributed by atoms with Crippen LogP contribution in [0.4, 0.5) is 0 Å². The van der Waals surface area contributed by atoms with Gasteiger partial charge in [0.2, 0.25) is 0 Å². The van der Waals surface area contributed by atoms with Gasteiger partial charge in [-0.3, -0.25) is 4.79 Å². The first-order chi connectivity index (χ1) is 8.91. The van der Waals surface area contributed by atoms with Crippen molar-refractivity contribution in [1.82, 2.24) is 9.97 Å². The molecule has 1 heterocycles. The van der Waals surface area contributed by atoms with Crippen LogP contribution in [-0.4, -0.2) is 9.97 Å². The number of benzene rings is 1. The molecule has 0 saturated heterocycles. The first-order valence-electron chi connectivity index (χ1n) is 6.28. The number of nitrogens with one attached hydrogen (secondary N) is 1. The van der Waals surface area contributed by atoms with Gasteiger partial charge in [-0.25, -0.2) is 4.98 Å². The van der Waals surface area contributed by atoms with Gasteiger partial charge in [-0.1, -0.05) is 32.0 Å². The van der Waals surface area contributed by atoms with Crippen molar-refractivity contribution in [1.29, 1.82) is 0 Å². The number of halogens is 1. The number of aromatic nitrogens is 2. The fourth-order valence-electron chi connectivity index (χ4n) is 1.99. The van der Waals surface area contributed by atoms with Crippen LogP contribution < -0.4 is 5.56 Å². The van der Waals surface area contributed by atoms with E-state index in [9.17, 15) is 4.79 Å². The number of aryl methyl sites for hydroxylation is 1. The standard InChI is InChI=1S/C15H17IN2O/c1-8(2)13-12(16)15(19)18-14(17-13)11-7-5-6-9(3)10(11)4/h5-8H,1-4H3,(H,17,18,19). The zero-order valence-electron chi connectivity index (χ0n) is 11.5. The van der Waals surface area contributed by atoms with E-state index in [0.29, 0.717) is 9.39 Å². The number of hydrogen-bond donors (Lipinski definition) is 1. The maximum absolute atomic E-state index is 12.0. The summed E-state index contributed by atoms with van der Waals surface area (Å²) in [6, 6.07) is 6.05. The summed E-state index contributed by atoms with van der Waals surface area (Å²) in [6.45, 7) is 8.22. The van der Waals surface area contributed by atoms with E-state index in [1.807, 2.05) is 12.1 Å². The second-order valence-corrected chi connectivity index (χ2v) is 6.09. The lowest BCUT2D eigenvalue weighted by Gasteiger charge is -2.12. The Balaban J connectivity index is 2.70. The molecule has 0 fully saturated rings. The molecule has 0 atom stereocenters. The van der Waals surface area contributed by atoms with Crippen molar-refractivity contribution in [2.24, 2.45) is 0 Å². The fraction of sp³-hybridized carbons (Fsp3) is 0.333. The monoisotopic (exact) mass is 368 g/mol. The molecule has 2 rings (SSSR count). The molecule has 0 aliphatic heterocycles. The molecular formula is C15H17IN2O. The summed E-state index contributed by atoms with van der Waals surface area (Å²) in [5, 5.41) is 0. The van der Waals surface area contributed by atoms with Crippen LogP contribution in [0.15, 0.2) is 23.0 Å². The molecule has 4 heteroatoms. The molecule has 19 heavy (non-hydrogen) atoms. The zero-order chi connectivity index (χ0) is 14.2. The lowest BCUT2D eigenvalue weighted by Crippen LogP contribution is -2.17. The summed E-state index contributed by atoms with van der Waals surface area (Å²) in [6.07, 6.45) is 0. The Bertz CT molecular complexity index is 674. The van der Waals surface area contributed by atoms with Crippen molar-refractivity contribution >= 4 is 22.6 Å². The van der Waals surface area contributed by atoms with Crippen molar-refractivity contribution in [3.8, 4) is 11.4 Å². The molecule has 0 spiro atoms. The topological polar surface area (TPSA) is 45.8 Å². The molecule has 1 aromatic carbocycles. The van der Waals surface area contributed by atoms with Crippen molar-refractivity contribution in [2.75, 3.05) is 0 Å². The summed E-state index contributed by atoms with van der Waals surface area (Å²) >= 11 is 2.07. The number of aromatic amines is 1. The molecule has 2 aromatic rings. The Hall–Kier alpha value is -1.17. The molecule has 0 radical (unpaired) electrons. The molecule has 0 aliphatic carbocycles. The van der Waals surface area contributed by atoms with Crippen LogP contribution >= 0.6 is 22.6 Å². The zero-order valence-corrected chi connectivity index (χ0v) is 13.7. The molecule has 0 unspecified atom stereocenters. The van der Waals surface area contributed by atoms with E-state index in [4.69, 9.17) is 0 Å². The normalized spacial score (nSPS) is 11.1. The molecular weight excluding hydrogens is 351 g/mol. The lowest BCUT2D eigenvalue weighted by molar-refractivity contribution is 0.802. The van der Waals surface area contributed by atoms with Crippen molar-refractivity contribution in [3.05, 3.63) is 48.9 Å². The lowest BCUT2D eigenvalue weighted by atomic mass is 10.0. The predicted molar refractivity (Wildman–Crippen MR) is 86.6 cm³/mol. The maximum atomic E-state index is 12.0. The van der Waals surface area contributed by atoms with Gasteiger partial charge >= 0.3 is 0 Å². The van der Waals surface area contributed by atoms with Gasteiger partial charge < -0.3 is 4.98 Å². The minimum Gasteiger partial charge on any atom is -0.306 e. The summed E-state index contributed by atoms with van der Waals surface area (Å²) < 4.78 is 0.682. The predicted octanol–water partition coefficient (Wildman–Crippen LogP) is 3.78. The molecule has 1 aromatic heterocycles. The molecule has 0 saturated carbocycles. The van der Waals surface area contributed by atoms with E-state index < -0.39 is 0 Å². The van der Waals surface area contributed by atoms with E-state index in [0.717, 1.165) is 16.8 Å². The number of hydrogen-bond acceptors (Lipinski definition) is 2. The Labute approximate surface area is 126 Å². The van der Waals surface area contributed by atoms with E-state index in [2.05, 4.69) is 66.3 Å². The first-order valence-corrected chi connectivity index (χ1v) is 7.36. The Morgan fingerprint density at radius 3 is 2.58 bits per heavy atom. The second-order valence-electron chi connectivity index (χ2n) is 5.02. The van der Waals surface area contributed by atoms with Gasteiger partial charge in [-0.15, -0.1) is 0 Å². The highest BCUT2D eigenvalue weighted by Crippen LogP contribution is 2.24. The Morgan fingerprint density at radius 2 is 1.95 bits per heavy atom. The third kappa shape index (κ3) is 2.73. The molecule has 0 aliphatic rings. The fourth-order valence-corrected chi connectivity index (χ4v) is 2.87. The summed E-state index contributed by atoms with van der Waals surface area (Å²) in [4.78, 5) is 19.6. The van der Waals surface area contributed by atoms with E-state index in [1.165, 1.54) is 5.56 Å². The van der Waals surface area contributed by atoms with Gasteiger partial charge in [0.25, 0.3) is 5.56 Å². The largest absolute Gasteiger partial charge is 0.306 e. The van der Waals surface area contributed by atoms with Crippen LogP contribution in [-0.2, 0) is 0 Å². The third-order valence-electron chi connectivity index (χ3n) is 3.30. The highest BCUT2D eigenvalue weighted by atomic mass is 127. The summed E-state index contributed by atoms with van der Waals surface area (Å²) in [5.74, 6) is 0.897. The molecule has 3 nitrogen and oxygen atoms in total. The van der Waals surface area contributed by atoms with Crippen LogP contribution in [0.25, 0.3) is 11.4 Å². The Kier molecular flexibility index (Phi) is 4.08. The van der Waals surface area contributed by atoms with Gasteiger partial charge in [0, 0.05) is 5.56 Å². The summed E-state index contributed by atoms with van der Waals surface area (Å²) in [5.41, 5.74) is 4.15. The van der Waals surface area contributed by atoms with E-state index >= 15 is 0 Å². The van der Waals surface area contributed by atoms with Crippen molar-refractivity contribution in [2.45, 2.75) is 33.6 Å². The molecule has 1 N–H and O–H groups in total. The van der Waals surface area contributed by atoms with Crippen LogP contribution in [0.3, 0.4) is 0 Å². The molecule has 0 amide bonds. The van der Waals surface area contributed by atoms with Crippen LogP contribution in [0.5, 0.6) is 0 Å². The van der Waals surface area contributed by atoms with Crippen LogP contribution in [0, 0.1) is 17.4 Å². The number of nitrogens with zero attached hydrogens (tertiary/aromatic N) is 1. The van der Waals surface area contributed by atoms with Gasteiger partial charge in [0.05, 0.1) is 9.26 Å². The SMILES string of the molecule is Cc1cccc(-c2nc(C(C)C)c(I)c(=O)[nH]2)c1C. The molecule has 0 bridgehead atoms. The average molecular weight is 368 g/mol. The van der Waals surface area contributed by atoms with Crippen LogP contribution in [0.1, 0.15) is 36.6 Å². The van der Waals surface area contributed by atoms with Gasteiger partial charge in [-0.05, 0) is 53.5 Å². The maximum Gasteiger partial charge on any atom is 0.264 e. The summed E-state index contributed by atoms with van der Waals surface area (Å²) in [7, 11) is 0. The highest BCUT2D eigenvalue weighted by molar-refractivity contribution is 14.1.